The Bertz CT molecular complexity index is 87.1. The van der Waals surface area contributed by atoms with Gasteiger partial charge in [0.05, 0.1) is 0 Å². The van der Waals surface area contributed by atoms with Gasteiger partial charge in [-0.2, -0.15) is 0 Å². The van der Waals surface area contributed by atoms with E-state index in [-0.39, 0.29) is 6.04 Å². The van der Waals surface area contributed by atoms with Gasteiger partial charge in [0.1, 0.15) is 0 Å². The van der Waals surface area contributed by atoms with E-state index in [9.17, 15) is 0 Å². The SMILES string of the molecule is CCC(CCCCCNO)NO. The van der Waals surface area contributed by atoms with Crippen LogP contribution in [0.5, 0.6) is 0 Å². The molecule has 0 aliphatic rings. The molecule has 4 nitrogen and oxygen atoms in total. The predicted molar refractivity (Wildman–Crippen MR) is 47.3 cm³/mol. The first-order valence-electron chi connectivity index (χ1n) is 4.61. The molecule has 0 aromatic heterocycles. The van der Waals surface area contributed by atoms with Gasteiger partial charge >= 0.3 is 0 Å². The van der Waals surface area contributed by atoms with E-state index in [0.717, 1.165) is 32.1 Å². The average Bonchev–Trinajstić information content (AvgIpc) is 2.11. The number of nitrogens with one attached hydrogen (secondary N) is 2. The molecule has 0 radical (unpaired) electrons. The minimum Gasteiger partial charge on any atom is -0.317 e. The Hall–Kier alpha value is -0.160. The molecule has 1 atom stereocenters. The Morgan fingerprint density at radius 3 is 2.42 bits per heavy atom. The second kappa shape index (κ2) is 8.93. The highest BCUT2D eigenvalue weighted by molar-refractivity contribution is 4.59. The molecule has 0 saturated carbocycles. The largest absolute Gasteiger partial charge is 0.317 e. The summed E-state index contributed by atoms with van der Waals surface area (Å²) >= 11 is 0. The van der Waals surface area contributed by atoms with Crippen molar-refractivity contribution in [2.24, 2.45) is 0 Å². The second-order valence-corrected chi connectivity index (χ2v) is 2.99. The first-order chi connectivity index (χ1) is 5.85. The molecule has 0 heterocycles. The zero-order valence-corrected chi connectivity index (χ0v) is 7.71. The van der Waals surface area contributed by atoms with Gasteiger partial charge in [-0.3, -0.25) is 0 Å². The van der Waals surface area contributed by atoms with Crippen molar-refractivity contribution >= 4 is 0 Å². The summed E-state index contributed by atoms with van der Waals surface area (Å²) in [5, 5.41) is 16.9. The Balaban J connectivity index is 3.06. The molecule has 0 bridgehead atoms. The average molecular weight is 176 g/mol. The van der Waals surface area contributed by atoms with Crippen LogP contribution in [0.2, 0.25) is 0 Å². The Labute approximate surface area is 73.9 Å². The molecule has 0 aromatic rings. The molecule has 4 heteroatoms. The van der Waals surface area contributed by atoms with E-state index in [1.807, 2.05) is 6.92 Å². The van der Waals surface area contributed by atoms with E-state index in [4.69, 9.17) is 10.4 Å². The summed E-state index contributed by atoms with van der Waals surface area (Å²) in [6.07, 6.45) is 5.12. The van der Waals surface area contributed by atoms with Crippen LogP contribution in [0.4, 0.5) is 0 Å². The van der Waals surface area contributed by atoms with Gasteiger partial charge < -0.3 is 10.4 Å². The molecule has 74 valence electrons. The Kier molecular flexibility index (Phi) is 8.81. The summed E-state index contributed by atoms with van der Waals surface area (Å²) in [4.78, 5) is 0. The van der Waals surface area contributed by atoms with Gasteiger partial charge in [-0.15, -0.1) is 0 Å². The van der Waals surface area contributed by atoms with Crippen molar-refractivity contribution in [1.29, 1.82) is 0 Å². The molecule has 0 aromatic carbocycles. The van der Waals surface area contributed by atoms with Crippen molar-refractivity contribution in [3.63, 3.8) is 0 Å². The lowest BCUT2D eigenvalue weighted by atomic mass is 10.1. The highest BCUT2D eigenvalue weighted by Crippen LogP contribution is 2.05. The maximum atomic E-state index is 8.63. The van der Waals surface area contributed by atoms with E-state index < -0.39 is 0 Å². The zero-order valence-electron chi connectivity index (χ0n) is 7.71. The van der Waals surface area contributed by atoms with Gasteiger partial charge in [0.25, 0.3) is 0 Å². The lowest BCUT2D eigenvalue weighted by Crippen LogP contribution is -2.24. The molecular weight excluding hydrogens is 156 g/mol. The molecule has 0 saturated heterocycles. The summed E-state index contributed by atoms with van der Waals surface area (Å²) in [5.41, 5.74) is 4.40. The smallest absolute Gasteiger partial charge is 0.0317 e. The number of hydrogen-bond acceptors (Lipinski definition) is 4. The van der Waals surface area contributed by atoms with Gasteiger partial charge in [0, 0.05) is 12.6 Å². The molecule has 0 amide bonds. The first kappa shape index (κ1) is 11.8. The molecule has 12 heavy (non-hydrogen) atoms. The molecule has 0 rings (SSSR count). The maximum Gasteiger partial charge on any atom is 0.0317 e. The third-order valence-corrected chi connectivity index (χ3v) is 2.02. The van der Waals surface area contributed by atoms with Gasteiger partial charge in [-0.1, -0.05) is 19.8 Å². The fourth-order valence-corrected chi connectivity index (χ4v) is 1.13. The molecule has 1 unspecified atom stereocenters. The lowest BCUT2D eigenvalue weighted by Gasteiger charge is -2.11. The zero-order chi connectivity index (χ0) is 9.23. The predicted octanol–water partition coefficient (Wildman–Crippen LogP) is 1.28. The van der Waals surface area contributed by atoms with Crippen LogP contribution in [0.25, 0.3) is 0 Å². The van der Waals surface area contributed by atoms with Crippen molar-refractivity contribution in [1.82, 2.24) is 11.0 Å². The highest BCUT2D eigenvalue weighted by atomic mass is 16.5. The van der Waals surface area contributed by atoms with Crippen LogP contribution in [-0.2, 0) is 0 Å². The Morgan fingerprint density at radius 1 is 1.17 bits per heavy atom. The van der Waals surface area contributed by atoms with Gasteiger partial charge in [-0.05, 0) is 19.3 Å². The third kappa shape index (κ3) is 6.54. The van der Waals surface area contributed by atoms with Crippen LogP contribution < -0.4 is 11.0 Å². The van der Waals surface area contributed by atoms with E-state index >= 15 is 0 Å². The fourth-order valence-electron chi connectivity index (χ4n) is 1.13. The van der Waals surface area contributed by atoms with E-state index in [0.29, 0.717) is 6.54 Å². The van der Waals surface area contributed by atoms with Crippen LogP contribution in [0.3, 0.4) is 0 Å². The topological polar surface area (TPSA) is 64.5 Å². The summed E-state index contributed by atoms with van der Waals surface area (Å²) in [6, 6.07) is 0.229. The number of rotatable bonds is 8. The minimum absolute atomic E-state index is 0.229. The number of unbranched alkanes of at least 4 members (excludes halogenated alkanes) is 2. The van der Waals surface area contributed by atoms with E-state index in [1.165, 1.54) is 0 Å². The van der Waals surface area contributed by atoms with Crippen molar-refractivity contribution in [2.45, 2.75) is 45.1 Å². The van der Waals surface area contributed by atoms with E-state index in [1.54, 1.807) is 0 Å². The van der Waals surface area contributed by atoms with Crippen LogP contribution in [0.15, 0.2) is 0 Å². The van der Waals surface area contributed by atoms with Crippen molar-refractivity contribution in [2.75, 3.05) is 6.54 Å². The molecule has 0 aliphatic carbocycles. The molecule has 0 spiro atoms. The summed E-state index contributed by atoms with van der Waals surface area (Å²) < 4.78 is 0. The van der Waals surface area contributed by atoms with Crippen molar-refractivity contribution in [3.05, 3.63) is 0 Å². The number of hydrogen-bond donors (Lipinski definition) is 4. The molecule has 4 N–H and O–H groups in total. The van der Waals surface area contributed by atoms with Crippen LogP contribution in [0.1, 0.15) is 39.0 Å². The quantitative estimate of drug-likeness (QED) is 0.332. The normalized spacial score (nSPS) is 13.2. The Morgan fingerprint density at radius 2 is 1.92 bits per heavy atom. The summed E-state index contributed by atoms with van der Waals surface area (Å²) in [7, 11) is 0. The maximum absolute atomic E-state index is 8.63. The fraction of sp³-hybridized carbons (Fsp3) is 1.00. The second-order valence-electron chi connectivity index (χ2n) is 2.99. The molecule has 0 aliphatic heterocycles. The lowest BCUT2D eigenvalue weighted by molar-refractivity contribution is 0.117. The summed E-state index contributed by atoms with van der Waals surface area (Å²) in [5.74, 6) is 0. The first-order valence-corrected chi connectivity index (χ1v) is 4.61. The van der Waals surface area contributed by atoms with E-state index in [2.05, 4.69) is 11.0 Å². The monoisotopic (exact) mass is 176 g/mol. The highest BCUT2D eigenvalue weighted by Gasteiger charge is 2.02. The molecule has 0 fully saturated rings. The van der Waals surface area contributed by atoms with Gasteiger partial charge in [0.15, 0.2) is 0 Å². The minimum atomic E-state index is 0.229. The van der Waals surface area contributed by atoms with Crippen LogP contribution in [0, 0.1) is 0 Å². The van der Waals surface area contributed by atoms with Gasteiger partial charge in [-0.25, -0.2) is 11.0 Å². The van der Waals surface area contributed by atoms with Crippen molar-refractivity contribution < 1.29 is 10.4 Å². The van der Waals surface area contributed by atoms with Crippen molar-refractivity contribution in [3.8, 4) is 0 Å². The standard InChI is InChI=1S/C8H20N2O2/c1-2-8(10-12)6-4-3-5-7-9-11/h8-12H,2-7H2,1H3. The summed E-state index contributed by atoms with van der Waals surface area (Å²) in [6.45, 7) is 2.70. The van der Waals surface area contributed by atoms with Gasteiger partial charge in [0.2, 0.25) is 0 Å². The number of hydroxylamine groups is 2. The molecular formula is C8H20N2O2. The van der Waals surface area contributed by atoms with Crippen LogP contribution in [-0.4, -0.2) is 23.0 Å². The third-order valence-electron chi connectivity index (χ3n) is 2.02. The van der Waals surface area contributed by atoms with Crippen LogP contribution >= 0.6 is 0 Å².